The van der Waals surface area contributed by atoms with E-state index in [1.807, 2.05) is 5.43 Å². The Hall–Kier alpha value is -1.66. The molecule has 0 unspecified atom stereocenters. The van der Waals surface area contributed by atoms with Crippen LogP contribution in [-0.4, -0.2) is 11.8 Å². The molecule has 5 nitrogen and oxygen atoms in total. The molecule has 0 aliphatic rings. The summed E-state index contributed by atoms with van der Waals surface area (Å²) in [5.41, 5.74) is 7.01. The standard InChI is InChI=1S/C9H11N3O2S/c10-8(13)3-1-2-6-4-5-7(15-6)9(14)12-11/h1-2,4-5H,3,11H2,(H2,10,13)(H,12,14). The summed E-state index contributed by atoms with van der Waals surface area (Å²) >= 11 is 1.29. The summed E-state index contributed by atoms with van der Waals surface area (Å²) in [6.07, 6.45) is 3.58. The van der Waals surface area contributed by atoms with E-state index in [2.05, 4.69) is 0 Å². The fourth-order valence-corrected chi connectivity index (χ4v) is 1.77. The quantitative estimate of drug-likeness (QED) is 0.389. The van der Waals surface area contributed by atoms with E-state index in [4.69, 9.17) is 11.6 Å². The number of carbonyl (C=O) groups excluding carboxylic acids is 2. The number of amides is 2. The third-order valence-electron chi connectivity index (χ3n) is 1.58. The number of hydrogen-bond acceptors (Lipinski definition) is 4. The minimum absolute atomic E-state index is 0.191. The minimum Gasteiger partial charge on any atom is -0.369 e. The molecule has 15 heavy (non-hydrogen) atoms. The summed E-state index contributed by atoms with van der Waals surface area (Å²) in [6, 6.07) is 3.43. The number of nitrogens with two attached hydrogens (primary N) is 2. The van der Waals surface area contributed by atoms with Crippen molar-refractivity contribution in [1.29, 1.82) is 0 Å². The molecule has 1 heterocycles. The lowest BCUT2D eigenvalue weighted by Crippen LogP contribution is -2.29. The van der Waals surface area contributed by atoms with Gasteiger partial charge in [0.05, 0.1) is 4.88 Å². The third-order valence-corrected chi connectivity index (χ3v) is 2.63. The van der Waals surface area contributed by atoms with Gasteiger partial charge in [-0.3, -0.25) is 15.0 Å². The molecule has 0 bridgehead atoms. The van der Waals surface area contributed by atoms with Crippen molar-refractivity contribution in [1.82, 2.24) is 5.43 Å². The molecule has 1 aromatic heterocycles. The Balaban J connectivity index is 2.64. The van der Waals surface area contributed by atoms with E-state index < -0.39 is 0 Å². The lowest BCUT2D eigenvalue weighted by molar-refractivity contribution is -0.117. The van der Waals surface area contributed by atoms with Crippen LogP contribution in [0.2, 0.25) is 0 Å². The van der Waals surface area contributed by atoms with Gasteiger partial charge in [0.1, 0.15) is 0 Å². The van der Waals surface area contributed by atoms with Gasteiger partial charge < -0.3 is 5.73 Å². The predicted octanol–water partition coefficient (Wildman–Crippen LogP) is 0.240. The molecule has 1 aromatic rings. The molecule has 6 heteroatoms. The van der Waals surface area contributed by atoms with Gasteiger partial charge >= 0.3 is 0 Å². The van der Waals surface area contributed by atoms with Crippen LogP contribution in [-0.2, 0) is 4.79 Å². The van der Waals surface area contributed by atoms with Crippen LogP contribution in [0, 0.1) is 0 Å². The summed E-state index contributed by atoms with van der Waals surface area (Å²) in [5, 5.41) is 0. The summed E-state index contributed by atoms with van der Waals surface area (Å²) in [4.78, 5) is 22.9. The SMILES string of the molecule is NNC(=O)c1ccc(C=CCC(N)=O)s1. The van der Waals surface area contributed by atoms with E-state index in [9.17, 15) is 9.59 Å². The van der Waals surface area contributed by atoms with Crippen LogP contribution in [0.15, 0.2) is 18.2 Å². The van der Waals surface area contributed by atoms with Crippen LogP contribution in [0.1, 0.15) is 21.0 Å². The maximum Gasteiger partial charge on any atom is 0.275 e. The molecule has 0 saturated heterocycles. The van der Waals surface area contributed by atoms with Crippen LogP contribution in [0.4, 0.5) is 0 Å². The number of carbonyl (C=O) groups is 2. The van der Waals surface area contributed by atoms with E-state index in [0.717, 1.165) is 4.88 Å². The topological polar surface area (TPSA) is 98.2 Å². The lowest BCUT2D eigenvalue weighted by atomic mass is 10.3. The largest absolute Gasteiger partial charge is 0.369 e. The van der Waals surface area contributed by atoms with E-state index in [1.54, 1.807) is 24.3 Å². The number of nitrogen functional groups attached to an aromatic ring is 1. The second-order valence-corrected chi connectivity index (χ2v) is 3.86. The highest BCUT2D eigenvalue weighted by Gasteiger charge is 2.05. The first-order chi connectivity index (χ1) is 7.13. The fourth-order valence-electron chi connectivity index (χ4n) is 0.927. The third kappa shape index (κ3) is 3.53. The Bertz CT molecular complexity index is 398. The van der Waals surface area contributed by atoms with Gasteiger partial charge in [0, 0.05) is 11.3 Å². The average molecular weight is 225 g/mol. The summed E-state index contributed by atoms with van der Waals surface area (Å²) < 4.78 is 0. The Morgan fingerprint density at radius 3 is 2.80 bits per heavy atom. The molecule has 0 aliphatic heterocycles. The first-order valence-electron chi connectivity index (χ1n) is 4.19. The van der Waals surface area contributed by atoms with Gasteiger partial charge in [0.15, 0.2) is 0 Å². The molecule has 5 N–H and O–H groups in total. The Labute approximate surface area is 90.7 Å². The molecule has 0 spiro atoms. The first kappa shape index (κ1) is 11.4. The van der Waals surface area contributed by atoms with E-state index in [-0.39, 0.29) is 18.2 Å². The van der Waals surface area contributed by atoms with Crippen LogP contribution in [0.25, 0.3) is 6.08 Å². The molecule has 80 valence electrons. The van der Waals surface area contributed by atoms with Gasteiger partial charge in [0.2, 0.25) is 5.91 Å². The molecule has 0 atom stereocenters. The maximum atomic E-state index is 11.1. The van der Waals surface area contributed by atoms with Crippen molar-refractivity contribution in [2.75, 3.05) is 0 Å². The van der Waals surface area contributed by atoms with Gasteiger partial charge in [-0.2, -0.15) is 0 Å². The lowest BCUT2D eigenvalue weighted by Gasteiger charge is -1.91. The summed E-state index contributed by atoms with van der Waals surface area (Å²) in [5.74, 6) is 4.27. The monoisotopic (exact) mass is 225 g/mol. The van der Waals surface area contributed by atoms with Crippen molar-refractivity contribution in [2.24, 2.45) is 11.6 Å². The smallest absolute Gasteiger partial charge is 0.275 e. The van der Waals surface area contributed by atoms with E-state index in [1.165, 1.54) is 11.3 Å². The molecular weight excluding hydrogens is 214 g/mol. The normalized spacial score (nSPS) is 10.5. The molecule has 0 aliphatic carbocycles. The van der Waals surface area contributed by atoms with Crippen molar-refractivity contribution in [3.05, 3.63) is 28.0 Å². The number of primary amides is 1. The number of hydrazine groups is 1. The second-order valence-electron chi connectivity index (χ2n) is 2.75. The summed E-state index contributed by atoms with van der Waals surface area (Å²) in [7, 11) is 0. The molecule has 0 aromatic carbocycles. The maximum absolute atomic E-state index is 11.1. The summed E-state index contributed by atoms with van der Waals surface area (Å²) in [6.45, 7) is 0. The second kappa shape index (κ2) is 5.28. The van der Waals surface area contributed by atoms with Crippen LogP contribution in [0.3, 0.4) is 0 Å². The van der Waals surface area contributed by atoms with E-state index in [0.29, 0.717) is 4.88 Å². The molecule has 0 saturated carbocycles. The highest BCUT2D eigenvalue weighted by molar-refractivity contribution is 7.14. The number of hydrogen-bond donors (Lipinski definition) is 3. The van der Waals surface area contributed by atoms with Crippen molar-refractivity contribution in [3.8, 4) is 0 Å². The van der Waals surface area contributed by atoms with Gasteiger partial charge in [-0.15, -0.1) is 11.3 Å². The molecule has 1 rings (SSSR count). The predicted molar refractivity (Wildman–Crippen MR) is 58.8 cm³/mol. The van der Waals surface area contributed by atoms with Gasteiger partial charge in [0.25, 0.3) is 5.91 Å². The Morgan fingerprint density at radius 2 is 2.20 bits per heavy atom. The Kier molecular flexibility index (Phi) is 4.02. The zero-order valence-corrected chi connectivity index (χ0v) is 8.71. The van der Waals surface area contributed by atoms with Gasteiger partial charge in [-0.25, -0.2) is 5.84 Å². The van der Waals surface area contributed by atoms with Gasteiger partial charge in [-0.1, -0.05) is 6.08 Å². The average Bonchev–Trinajstić information content (AvgIpc) is 2.65. The molecular formula is C9H11N3O2S. The zero-order valence-electron chi connectivity index (χ0n) is 7.90. The van der Waals surface area contributed by atoms with Gasteiger partial charge in [-0.05, 0) is 18.2 Å². The fraction of sp³-hybridized carbons (Fsp3) is 0.111. The van der Waals surface area contributed by atoms with Crippen molar-refractivity contribution in [2.45, 2.75) is 6.42 Å². The zero-order chi connectivity index (χ0) is 11.3. The van der Waals surface area contributed by atoms with Crippen LogP contribution in [0.5, 0.6) is 0 Å². The highest BCUT2D eigenvalue weighted by atomic mass is 32.1. The molecule has 2 amide bonds. The van der Waals surface area contributed by atoms with E-state index >= 15 is 0 Å². The first-order valence-corrected chi connectivity index (χ1v) is 5.00. The van der Waals surface area contributed by atoms with Crippen LogP contribution >= 0.6 is 11.3 Å². The van der Waals surface area contributed by atoms with Crippen molar-refractivity contribution < 1.29 is 9.59 Å². The van der Waals surface area contributed by atoms with Crippen molar-refractivity contribution >= 4 is 29.2 Å². The number of thiophene rings is 1. The number of rotatable bonds is 4. The molecule has 0 fully saturated rings. The minimum atomic E-state index is -0.386. The van der Waals surface area contributed by atoms with Crippen molar-refractivity contribution in [3.63, 3.8) is 0 Å². The number of nitrogens with one attached hydrogen (secondary N) is 1. The molecule has 0 radical (unpaired) electrons. The Morgan fingerprint density at radius 1 is 1.47 bits per heavy atom. The van der Waals surface area contributed by atoms with Crippen LogP contribution < -0.4 is 17.0 Å². The highest BCUT2D eigenvalue weighted by Crippen LogP contribution is 2.17.